The number of primary amides is 1. The molecule has 142 valence electrons. The number of nitrogens with two attached hydrogens (primary N) is 1. The van der Waals surface area contributed by atoms with Gasteiger partial charge in [-0.1, -0.05) is 0 Å². The molecule has 0 saturated carbocycles. The minimum atomic E-state index is -0.689. The Labute approximate surface area is 160 Å². The minimum Gasteiger partial charge on any atom is -0.364 e. The number of hydrogen-bond acceptors (Lipinski definition) is 6. The zero-order valence-electron chi connectivity index (χ0n) is 14.3. The Balaban J connectivity index is 0.00000210. The van der Waals surface area contributed by atoms with E-state index >= 15 is 0 Å². The zero-order chi connectivity index (χ0) is 18.1. The first-order valence-corrected chi connectivity index (χ1v) is 8.33. The first-order valence-electron chi connectivity index (χ1n) is 8.33. The van der Waals surface area contributed by atoms with Gasteiger partial charge in [-0.25, -0.2) is 9.50 Å². The van der Waals surface area contributed by atoms with E-state index in [9.17, 15) is 9.59 Å². The number of nitrogens with one attached hydrogen (secondary N) is 2. The highest BCUT2D eigenvalue weighted by atomic mass is 35.5. The zero-order valence-corrected chi connectivity index (χ0v) is 15.1. The summed E-state index contributed by atoms with van der Waals surface area (Å²) in [6.45, 7) is 1.76. The number of hydrogen-bond donors (Lipinski definition) is 3. The van der Waals surface area contributed by atoms with Crippen molar-refractivity contribution in [2.24, 2.45) is 5.73 Å². The van der Waals surface area contributed by atoms with Crippen LogP contribution in [0.2, 0.25) is 0 Å². The third-order valence-electron chi connectivity index (χ3n) is 4.42. The molecule has 4 rings (SSSR count). The lowest BCUT2D eigenvalue weighted by Gasteiger charge is -2.22. The first-order chi connectivity index (χ1) is 12.6. The Hall–Kier alpha value is -2.98. The molecule has 2 amide bonds. The van der Waals surface area contributed by atoms with Crippen molar-refractivity contribution in [3.05, 3.63) is 42.1 Å². The molecular weight excluding hydrogens is 372 g/mol. The fourth-order valence-electron chi connectivity index (χ4n) is 3.10. The van der Waals surface area contributed by atoms with Gasteiger partial charge in [0, 0.05) is 18.6 Å². The average Bonchev–Trinajstić information content (AvgIpc) is 3.27. The molecular formula is C16H19ClN8O2. The van der Waals surface area contributed by atoms with Gasteiger partial charge in [-0.15, -0.1) is 12.4 Å². The van der Waals surface area contributed by atoms with Crippen molar-refractivity contribution in [2.45, 2.75) is 18.9 Å². The van der Waals surface area contributed by atoms with Crippen molar-refractivity contribution >= 4 is 35.6 Å². The molecule has 3 aromatic rings. The highest BCUT2D eigenvalue weighted by Gasteiger charge is 2.23. The van der Waals surface area contributed by atoms with Crippen LogP contribution in [0.25, 0.3) is 5.65 Å². The Kier molecular flexibility index (Phi) is 5.38. The summed E-state index contributed by atoms with van der Waals surface area (Å²) in [5.74, 6) is -1.11. The van der Waals surface area contributed by atoms with Gasteiger partial charge in [0.05, 0.1) is 17.9 Å². The van der Waals surface area contributed by atoms with Crippen molar-refractivity contribution in [3.8, 4) is 0 Å². The van der Waals surface area contributed by atoms with Crippen LogP contribution in [-0.4, -0.2) is 49.3 Å². The Bertz CT molecular complexity index is 976. The molecule has 11 heteroatoms. The van der Waals surface area contributed by atoms with E-state index in [2.05, 4.69) is 25.8 Å². The third-order valence-corrected chi connectivity index (χ3v) is 4.42. The predicted molar refractivity (Wildman–Crippen MR) is 100 cm³/mol. The summed E-state index contributed by atoms with van der Waals surface area (Å²) >= 11 is 0. The van der Waals surface area contributed by atoms with Gasteiger partial charge < -0.3 is 16.4 Å². The van der Waals surface area contributed by atoms with Crippen molar-refractivity contribution in [1.82, 2.24) is 29.7 Å². The van der Waals surface area contributed by atoms with Gasteiger partial charge >= 0.3 is 0 Å². The Morgan fingerprint density at radius 1 is 1.30 bits per heavy atom. The van der Waals surface area contributed by atoms with E-state index in [0.717, 1.165) is 25.9 Å². The van der Waals surface area contributed by atoms with Crippen molar-refractivity contribution in [1.29, 1.82) is 0 Å². The molecule has 4 N–H and O–H groups in total. The lowest BCUT2D eigenvalue weighted by Crippen LogP contribution is -2.29. The minimum absolute atomic E-state index is 0. The van der Waals surface area contributed by atoms with E-state index in [-0.39, 0.29) is 29.8 Å². The molecule has 1 fully saturated rings. The molecule has 0 aromatic carbocycles. The van der Waals surface area contributed by atoms with Crippen LogP contribution in [0.5, 0.6) is 0 Å². The van der Waals surface area contributed by atoms with Gasteiger partial charge in [0.1, 0.15) is 5.56 Å². The maximum absolute atomic E-state index is 12.6. The van der Waals surface area contributed by atoms with Gasteiger partial charge in [-0.2, -0.15) is 10.2 Å². The number of fused-ring (bicyclic) bond motifs is 1. The molecule has 4 heterocycles. The monoisotopic (exact) mass is 390 g/mol. The predicted octanol–water partition coefficient (Wildman–Crippen LogP) is 0.623. The molecule has 1 aliphatic heterocycles. The van der Waals surface area contributed by atoms with Crippen LogP contribution in [0, 0.1) is 0 Å². The second kappa shape index (κ2) is 7.72. The van der Waals surface area contributed by atoms with Crippen molar-refractivity contribution in [2.75, 3.05) is 18.4 Å². The number of amides is 2. The third kappa shape index (κ3) is 3.62. The number of aromatic nitrogens is 5. The molecule has 0 unspecified atom stereocenters. The molecule has 0 atom stereocenters. The van der Waals surface area contributed by atoms with Crippen LogP contribution in [-0.2, 0) is 0 Å². The smallest absolute Gasteiger partial charge is 0.271 e. The van der Waals surface area contributed by atoms with Crippen molar-refractivity contribution < 1.29 is 9.59 Å². The number of halogens is 1. The molecule has 0 radical (unpaired) electrons. The summed E-state index contributed by atoms with van der Waals surface area (Å²) in [5, 5.41) is 14.4. The highest BCUT2D eigenvalue weighted by molar-refractivity contribution is 6.10. The fourth-order valence-corrected chi connectivity index (χ4v) is 3.10. The van der Waals surface area contributed by atoms with Gasteiger partial charge in [-0.3, -0.25) is 14.3 Å². The van der Waals surface area contributed by atoms with Crippen LogP contribution in [0.3, 0.4) is 0 Å². The average molecular weight is 391 g/mol. The van der Waals surface area contributed by atoms with Gasteiger partial charge in [0.15, 0.2) is 11.3 Å². The molecule has 0 spiro atoms. The van der Waals surface area contributed by atoms with Gasteiger partial charge in [-0.05, 0) is 32.0 Å². The van der Waals surface area contributed by atoms with Crippen LogP contribution < -0.4 is 16.4 Å². The molecule has 3 aromatic heterocycles. The lowest BCUT2D eigenvalue weighted by molar-refractivity contribution is 0.0995. The number of rotatable bonds is 4. The van der Waals surface area contributed by atoms with Gasteiger partial charge in [0.2, 0.25) is 0 Å². The standard InChI is InChI=1S/C16H18N8O2.ClH/c17-14(25)13-12(9-24(22-13)10-2-5-18-6-3-10)21-16(26)11-8-20-23-7-1-4-19-15(11)23;/h1,4,7-10,18H,2-3,5-6H2,(H2,17,25)(H,21,26);1H. The van der Waals surface area contributed by atoms with Crippen LogP contribution in [0.4, 0.5) is 5.69 Å². The van der Waals surface area contributed by atoms with E-state index in [4.69, 9.17) is 5.73 Å². The highest BCUT2D eigenvalue weighted by Crippen LogP contribution is 2.23. The summed E-state index contributed by atoms with van der Waals surface area (Å²) in [7, 11) is 0. The maximum atomic E-state index is 12.6. The van der Waals surface area contributed by atoms with Gasteiger partial charge in [0.25, 0.3) is 11.8 Å². The summed E-state index contributed by atoms with van der Waals surface area (Å²) in [4.78, 5) is 28.6. The first kappa shape index (κ1) is 18.8. The second-order valence-corrected chi connectivity index (χ2v) is 6.12. The SMILES string of the molecule is Cl.NC(=O)c1nn(C2CCNCC2)cc1NC(=O)c1cnn2cccnc12. The maximum Gasteiger partial charge on any atom is 0.271 e. The number of piperidine rings is 1. The number of carbonyl (C=O) groups excluding carboxylic acids is 2. The van der Waals surface area contributed by atoms with E-state index in [1.54, 1.807) is 29.3 Å². The molecule has 1 saturated heterocycles. The Morgan fingerprint density at radius 2 is 2.07 bits per heavy atom. The van der Waals surface area contributed by atoms with Crippen LogP contribution in [0.15, 0.2) is 30.9 Å². The summed E-state index contributed by atoms with van der Waals surface area (Å²) in [6.07, 6.45) is 8.16. The molecule has 27 heavy (non-hydrogen) atoms. The number of anilines is 1. The van der Waals surface area contributed by atoms with Crippen LogP contribution >= 0.6 is 12.4 Å². The van der Waals surface area contributed by atoms with E-state index < -0.39 is 11.8 Å². The number of carbonyl (C=O) groups is 2. The molecule has 0 bridgehead atoms. The molecule has 10 nitrogen and oxygen atoms in total. The lowest BCUT2D eigenvalue weighted by atomic mass is 10.1. The summed E-state index contributed by atoms with van der Waals surface area (Å²) in [5.41, 5.74) is 6.50. The topological polar surface area (TPSA) is 132 Å². The molecule has 1 aliphatic rings. The largest absolute Gasteiger partial charge is 0.364 e. The van der Waals surface area contributed by atoms with E-state index in [0.29, 0.717) is 11.2 Å². The van der Waals surface area contributed by atoms with Crippen molar-refractivity contribution in [3.63, 3.8) is 0 Å². The second-order valence-electron chi connectivity index (χ2n) is 6.12. The van der Waals surface area contributed by atoms with Crippen LogP contribution in [0.1, 0.15) is 39.7 Å². The Morgan fingerprint density at radius 3 is 2.81 bits per heavy atom. The number of nitrogens with zero attached hydrogens (tertiary/aromatic N) is 5. The summed E-state index contributed by atoms with van der Waals surface area (Å²) < 4.78 is 3.22. The normalized spacial score (nSPS) is 14.7. The van der Waals surface area contributed by atoms with E-state index in [1.807, 2.05) is 0 Å². The fraction of sp³-hybridized carbons (Fsp3) is 0.312. The molecule has 0 aliphatic carbocycles. The summed E-state index contributed by atoms with van der Waals surface area (Å²) in [6, 6.07) is 1.88. The quantitative estimate of drug-likeness (QED) is 0.598. The van der Waals surface area contributed by atoms with E-state index in [1.165, 1.54) is 10.7 Å².